The van der Waals surface area contributed by atoms with E-state index in [0.29, 0.717) is 11.6 Å². The van der Waals surface area contributed by atoms with Crippen LogP contribution in [0, 0.1) is 17.2 Å². The Morgan fingerprint density at radius 1 is 1.42 bits per heavy atom. The number of fused-ring (bicyclic) bond motifs is 1. The van der Waals surface area contributed by atoms with E-state index in [2.05, 4.69) is 16.0 Å². The number of hydrogen-bond donors (Lipinski definition) is 1. The molecule has 1 aromatic rings. The lowest BCUT2D eigenvalue weighted by Crippen LogP contribution is -2.53. The van der Waals surface area contributed by atoms with Gasteiger partial charge in [0, 0.05) is 30.9 Å². The first-order valence-electron chi connectivity index (χ1n) is 7.05. The Hall–Kier alpha value is -1.60. The van der Waals surface area contributed by atoms with Gasteiger partial charge in [-0.25, -0.2) is 4.98 Å². The normalized spacial score (nSPS) is 30.5. The van der Waals surface area contributed by atoms with Crippen molar-refractivity contribution >= 4 is 5.69 Å². The Kier molecular flexibility index (Phi) is 3.16. The van der Waals surface area contributed by atoms with Gasteiger partial charge >= 0.3 is 0 Å². The van der Waals surface area contributed by atoms with Crippen molar-refractivity contribution in [3.8, 4) is 6.07 Å². The van der Waals surface area contributed by atoms with Crippen LogP contribution >= 0.6 is 0 Å². The van der Waals surface area contributed by atoms with Crippen molar-refractivity contribution in [1.82, 2.24) is 4.98 Å². The van der Waals surface area contributed by atoms with Gasteiger partial charge in [-0.3, -0.25) is 0 Å². The maximum Gasteiger partial charge on any atom is 0.142 e. The number of pyridine rings is 1. The Morgan fingerprint density at radius 2 is 2.32 bits per heavy atom. The molecule has 0 aromatic carbocycles. The molecule has 4 heteroatoms. The lowest BCUT2D eigenvalue weighted by molar-refractivity contribution is -0.0612. The summed E-state index contributed by atoms with van der Waals surface area (Å²) in [5.74, 6) is 0.369. The maximum absolute atomic E-state index is 10.7. The van der Waals surface area contributed by atoms with Crippen LogP contribution in [0.4, 0.5) is 5.69 Å². The topological polar surface area (TPSA) is 60.2 Å². The first kappa shape index (κ1) is 12.4. The average Bonchev–Trinajstić information content (AvgIpc) is 2.46. The summed E-state index contributed by atoms with van der Waals surface area (Å²) in [6.07, 6.45) is 6.97. The van der Waals surface area contributed by atoms with Gasteiger partial charge in [0.25, 0.3) is 0 Å². The van der Waals surface area contributed by atoms with Crippen molar-refractivity contribution < 1.29 is 5.11 Å². The van der Waals surface area contributed by atoms with Crippen LogP contribution in [-0.4, -0.2) is 28.8 Å². The van der Waals surface area contributed by atoms with Gasteiger partial charge in [-0.05, 0) is 31.4 Å². The molecule has 2 aliphatic rings. The molecule has 0 amide bonds. The number of aromatic nitrogens is 1. The summed E-state index contributed by atoms with van der Waals surface area (Å²) < 4.78 is 0. The van der Waals surface area contributed by atoms with Gasteiger partial charge < -0.3 is 10.0 Å². The monoisotopic (exact) mass is 257 g/mol. The summed E-state index contributed by atoms with van der Waals surface area (Å²) in [5, 5.41) is 19.6. The van der Waals surface area contributed by atoms with Crippen LogP contribution in [0.5, 0.6) is 0 Å². The standard InChI is InChI=1S/C15H19N3O/c16-10-13-9-14(4-7-17-13)18-8-6-15(19)5-2-1-3-12(15)11-18/h4,7,9,12,19H,1-3,5-6,8,11H2. The quantitative estimate of drug-likeness (QED) is 0.836. The molecule has 0 radical (unpaired) electrons. The molecular weight excluding hydrogens is 238 g/mol. The maximum atomic E-state index is 10.7. The summed E-state index contributed by atoms with van der Waals surface area (Å²) in [6.45, 7) is 1.76. The Bertz CT molecular complexity index is 510. The molecule has 2 unspecified atom stereocenters. The first-order chi connectivity index (χ1) is 9.21. The van der Waals surface area contributed by atoms with Crippen LogP contribution in [0.1, 0.15) is 37.8 Å². The highest BCUT2D eigenvalue weighted by Crippen LogP contribution is 2.40. The van der Waals surface area contributed by atoms with Gasteiger partial charge in [0.15, 0.2) is 0 Å². The van der Waals surface area contributed by atoms with Gasteiger partial charge in [0.05, 0.1) is 5.60 Å². The molecule has 1 saturated heterocycles. The fourth-order valence-corrected chi connectivity index (χ4v) is 3.48. The number of anilines is 1. The predicted octanol–water partition coefficient (Wildman–Crippen LogP) is 2.08. The molecule has 1 N–H and O–H groups in total. The second-order valence-electron chi connectivity index (χ2n) is 5.75. The van der Waals surface area contributed by atoms with Gasteiger partial charge in [0.2, 0.25) is 0 Å². The van der Waals surface area contributed by atoms with E-state index in [-0.39, 0.29) is 0 Å². The lowest BCUT2D eigenvalue weighted by atomic mass is 9.71. The van der Waals surface area contributed by atoms with E-state index in [1.54, 1.807) is 6.20 Å². The lowest BCUT2D eigenvalue weighted by Gasteiger charge is -2.48. The van der Waals surface area contributed by atoms with Crippen LogP contribution in [0.15, 0.2) is 18.3 Å². The third-order valence-electron chi connectivity index (χ3n) is 4.65. The van der Waals surface area contributed by atoms with E-state index >= 15 is 0 Å². The zero-order chi connectivity index (χ0) is 13.3. The minimum Gasteiger partial charge on any atom is -0.389 e. The number of nitriles is 1. The molecule has 3 rings (SSSR count). The second-order valence-corrected chi connectivity index (χ2v) is 5.75. The van der Waals surface area contributed by atoms with E-state index in [1.165, 1.54) is 6.42 Å². The van der Waals surface area contributed by atoms with E-state index in [9.17, 15) is 5.11 Å². The number of aliphatic hydroxyl groups is 1. The SMILES string of the molecule is N#Cc1cc(N2CCC3(O)CCCCC3C2)ccn1. The number of rotatable bonds is 1. The highest BCUT2D eigenvalue weighted by Gasteiger charge is 2.42. The molecule has 0 bridgehead atoms. The van der Waals surface area contributed by atoms with E-state index < -0.39 is 5.60 Å². The Balaban J connectivity index is 1.79. The Morgan fingerprint density at radius 3 is 3.16 bits per heavy atom. The van der Waals surface area contributed by atoms with E-state index in [1.807, 2.05) is 12.1 Å². The minimum atomic E-state index is -0.445. The minimum absolute atomic E-state index is 0.369. The third kappa shape index (κ3) is 2.31. The molecule has 1 aliphatic carbocycles. The smallest absolute Gasteiger partial charge is 0.142 e. The predicted molar refractivity (Wildman–Crippen MR) is 72.7 cm³/mol. The van der Waals surface area contributed by atoms with Crippen molar-refractivity contribution in [2.45, 2.75) is 37.7 Å². The molecule has 4 nitrogen and oxygen atoms in total. The van der Waals surface area contributed by atoms with Crippen LogP contribution in [0.25, 0.3) is 0 Å². The average molecular weight is 257 g/mol. The fourth-order valence-electron chi connectivity index (χ4n) is 3.48. The van der Waals surface area contributed by atoms with Crippen molar-refractivity contribution in [1.29, 1.82) is 5.26 Å². The van der Waals surface area contributed by atoms with Crippen LogP contribution in [0.2, 0.25) is 0 Å². The highest BCUT2D eigenvalue weighted by molar-refractivity contribution is 5.49. The third-order valence-corrected chi connectivity index (χ3v) is 4.65. The highest BCUT2D eigenvalue weighted by atomic mass is 16.3. The second kappa shape index (κ2) is 4.82. The van der Waals surface area contributed by atoms with Crippen molar-refractivity contribution in [3.05, 3.63) is 24.0 Å². The molecule has 100 valence electrons. The molecule has 1 saturated carbocycles. The van der Waals surface area contributed by atoms with Crippen molar-refractivity contribution in [2.75, 3.05) is 18.0 Å². The molecule has 0 spiro atoms. The number of piperidine rings is 1. The van der Waals surface area contributed by atoms with Crippen molar-refractivity contribution in [2.24, 2.45) is 5.92 Å². The zero-order valence-electron chi connectivity index (χ0n) is 11.0. The zero-order valence-corrected chi connectivity index (χ0v) is 11.0. The van der Waals surface area contributed by atoms with Crippen LogP contribution in [-0.2, 0) is 0 Å². The van der Waals surface area contributed by atoms with Gasteiger partial charge in [-0.2, -0.15) is 5.26 Å². The molecule has 2 atom stereocenters. The molecule has 1 aliphatic heterocycles. The first-order valence-corrected chi connectivity index (χ1v) is 7.05. The molecule has 2 heterocycles. The van der Waals surface area contributed by atoms with Gasteiger partial charge in [-0.1, -0.05) is 12.8 Å². The molecule has 19 heavy (non-hydrogen) atoms. The summed E-state index contributed by atoms with van der Waals surface area (Å²) in [5.41, 5.74) is 1.07. The van der Waals surface area contributed by atoms with E-state index in [4.69, 9.17) is 5.26 Å². The van der Waals surface area contributed by atoms with Crippen LogP contribution < -0.4 is 4.90 Å². The summed E-state index contributed by atoms with van der Waals surface area (Å²) in [6, 6.07) is 5.88. The van der Waals surface area contributed by atoms with Gasteiger partial charge in [-0.15, -0.1) is 0 Å². The van der Waals surface area contributed by atoms with Crippen LogP contribution in [0.3, 0.4) is 0 Å². The summed E-state index contributed by atoms with van der Waals surface area (Å²) >= 11 is 0. The fraction of sp³-hybridized carbons (Fsp3) is 0.600. The number of hydrogen-bond acceptors (Lipinski definition) is 4. The Labute approximate surface area is 113 Å². The largest absolute Gasteiger partial charge is 0.389 e. The number of nitrogens with zero attached hydrogens (tertiary/aromatic N) is 3. The van der Waals surface area contributed by atoms with E-state index in [0.717, 1.165) is 44.5 Å². The van der Waals surface area contributed by atoms with Gasteiger partial charge in [0.1, 0.15) is 11.8 Å². The van der Waals surface area contributed by atoms with Crippen molar-refractivity contribution in [3.63, 3.8) is 0 Å². The molecule has 1 aromatic heterocycles. The molecule has 2 fully saturated rings. The molecular formula is C15H19N3O. The summed E-state index contributed by atoms with van der Waals surface area (Å²) in [4.78, 5) is 6.30. The summed E-state index contributed by atoms with van der Waals surface area (Å²) in [7, 11) is 0.